The molecule has 1 atom stereocenters. The second-order valence-corrected chi connectivity index (χ2v) is 18.8. The highest BCUT2D eigenvalue weighted by Crippen LogP contribution is 2.15. The SMILES string of the molecule is CC/C=C\C/C=C\C/C=C\CCCCCC(=O)OC(COCCCCCCCCCC/C=C\CCCCCCCC)COC(=O)CCCCCCCCCCC/C=C\C/C=C\CCCCC. The molecule has 5 heteroatoms. The summed E-state index contributed by atoms with van der Waals surface area (Å²) in [6, 6.07) is 0. The number of ether oxygens (including phenoxy) is 3. The number of hydrogen-bond acceptors (Lipinski definition) is 5. The third-order valence-electron chi connectivity index (χ3n) is 12.2. The van der Waals surface area contributed by atoms with Crippen LogP contribution >= 0.6 is 0 Å². The first kappa shape index (κ1) is 63.3. The van der Waals surface area contributed by atoms with Gasteiger partial charge in [0.05, 0.1) is 6.61 Å². The minimum absolute atomic E-state index is 0.0690. The predicted octanol–water partition coefficient (Wildman–Crippen LogP) is 19.5. The fraction of sp³-hybridized carbons (Fsp3) is 0.770. The molecule has 0 aliphatic rings. The van der Waals surface area contributed by atoms with Crippen molar-refractivity contribution in [2.75, 3.05) is 19.8 Å². The maximum absolute atomic E-state index is 12.8. The highest BCUT2D eigenvalue weighted by molar-refractivity contribution is 5.70. The van der Waals surface area contributed by atoms with Gasteiger partial charge in [-0.2, -0.15) is 0 Å². The number of carbonyl (C=O) groups excluding carboxylic acids is 2. The molecule has 0 N–H and O–H groups in total. The maximum Gasteiger partial charge on any atom is 0.306 e. The van der Waals surface area contributed by atoms with Crippen molar-refractivity contribution in [1.29, 1.82) is 0 Å². The first-order valence-corrected chi connectivity index (χ1v) is 28.5. The molecule has 382 valence electrons. The molecule has 1 unspecified atom stereocenters. The molecule has 0 heterocycles. The van der Waals surface area contributed by atoms with Crippen LogP contribution in [0.25, 0.3) is 0 Å². The van der Waals surface area contributed by atoms with Crippen molar-refractivity contribution in [3.8, 4) is 0 Å². The van der Waals surface area contributed by atoms with Gasteiger partial charge in [-0.15, -0.1) is 0 Å². The Kier molecular flexibility index (Phi) is 54.4. The van der Waals surface area contributed by atoms with Crippen LogP contribution in [0.2, 0.25) is 0 Å². The molecule has 0 bridgehead atoms. The van der Waals surface area contributed by atoms with Crippen LogP contribution in [0.5, 0.6) is 0 Å². The summed E-state index contributed by atoms with van der Waals surface area (Å²) in [5.41, 5.74) is 0. The number of hydrogen-bond donors (Lipinski definition) is 0. The summed E-state index contributed by atoms with van der Waals surface area (Å²) in [4.78, 5) is 25.5. The van der Waals surface area contributed by atoms with E-state index in [-0.39, 0.29) is 25.2 Å². The molecule has 0 aromatic carbocycles. The van der Waals surface area contributed by atoms with Gasteiger partial charge in [-0.05, 0) is 109 Å². The van der Waals surface area contributed by atoms with Gasteiger partial charge in [-0.25, -0.2) is 0 Å². The monoisotopic (exact) mass is 921 g/mol. The van der Waals surface area contributed by atoms with Crippen molar-refractivity contribution >= 4 is 11.9 Å². The van der Waals surface area contributed by atoms with E-state index >= 15 is 0 Å². The second-order valence-electron chi connectivity index (χ2n) is 18.8. The number of carbonyl (C=O) groups is 2. The van der Waals surface area contributed by atoms with E-state index < -0.39 is 6.10 Å². The lowest BCUT2D eigenvalue weighted by molar-refractivity contribution is -0.163. The average molecular weight is 922 g/mol. The zero-order valence-corrected chi connectivity index (χ0v) is 44.0. The lowest BCUT2D eigenvalue weighted by Gasteiger charge is -2.18. The first-order valence-electron chi connectivity index (χ1n) is 28.5. The lowest BCUT2D eigenvalue weighted by Crippen LogP contribution is -2.30. The fourth-order valence-corrected chi connectivity index (χ4v) is 7.96. The smallest absolute Gasteiger partial charge is 0.306 e. The van der Waals surface area contributed by atoms with E-state index in [2.05, 4.69) is 93.7 Å². The van der Waals surface area contributed by atoms with Gasteiger partial charge in [0.15, 0.2) is 6.10 Å². The van der Waals surface area contributed by atoms with Crippen LogP contribution in [0.4, 0.5) is 0 Å². The molecule has 0 fully saturated rings. The molecule has 0 aliphatic carbocycles. The van der Waals surface area contributed by atoms with Gasteiger partial charge in [0.25, 0.3) is 0 Å². The van der Waals surface area contributed by atoms with E-state index in [9.17, 15) is 9.59 Å². The summed E-state index contributed by atoms with van der Waals surface area (Å²) in [6.45, 7) is 7.67. The minimum atomic E-state index is -0.557. The Bertz CT molecular complexity index is 1180. The lowest BCUT2D eigenvalue weighted by atomic mass is 10.1. The Hall–Kier alpha value is -2.66. The molecule has 0 amide bonds. The number of unbranched alkanes of at least 4 members (excludes halogenated alkanes) is 29. The Morgan fingerprint density at radius 2 is 0.682 bits per heavy atom. The van der Waals surface area contributed by atoms with E-state index in [1.807, 2.05) is 0 Å². The van der Waals surface area contributed by atoms with Crippen molar-refractivity contribution < 1.29 is 23.8 Å². The van der Waals surface area contributed by atoms with E-state index in [1.54, 1.807) is 0 Å². The number of allylic oxidation sites excluding steroid dienone is 12. The zero-order valence-electron chi connectivity index (χ0n) is 44.0. The summed E-state index contributed by atoms with van der Waals surface area (Å²) in [5.74, 6) is -0.431. The van der Waals surface area contributed by atoms with Gasteiger partial charge in [-0.3, -0.25) is 9.59 Å². The molecule has 66 heavy (non-hydrogen) atoms. The van der Waals surface area contributed by atoms with E-state index in [1.165, 1.54) is 161 Å². The zero-order chi connectivity index (χ0) is 47.7. The summed E-state index contributed by atoms with van der Waals surface area (Å²) in [5, 5.41) is 0. The third kappa shape index (κ3) is 54.0. The minimum Gasteiger partial charge on any atom is -0.462 e. The van der Waals surface area contributed by atoms with Crippen LogP contribution in [-0.4, -0.2) is 37.9 Å². The van der Waals surface area contributed by atoms with E-state index in [4.69, 9.17) is 14.2 Å². The van der Waals surface area contributed by atoms with Crippen LogP contribution in [0.3, 0.4) is 0 Å². The predicted molar refractivity (Wildman–Crippen MR) is 288 cm³/mol. The summed E-state index contributed by atoms with van der Waals surface area (Å²) >= 11 is 0. The average Bonchev–Trinajstić information content (AvgIpc) is 3.32. The van der Waals surface area contributed by atoms with Gasteiger partial charge >= 0.3 is 11.9 Å². The first-order chi connectivity index (χ1) is 32.6. The van der Waals surface area contributed by atoms with Crippen LogP contribution in [0.15, 0.2) is 72.9 Å². The fourth-order valence-electron chi connectivity index (χ4n) is 7.96. The van der Waals surface area contributed by atoms with Crippen molar-refractivity contribution in [2.45, 2.75) is 284 Å². The van der Waals surface area contributed by atoms with Gasteiger partial charge < -0.3 is 14.2 Å². The molecule has 0 aromatic rings. The van der Waals surface area contributed by atoms with Gasteiger partial charge in [0.2, 0.25) is 0 Å². The van der Waals surface area contributed by atoms with Crippen LogP contribution in [-0.2, 0) is 23.8 Å². The molecule has 0 rings (SSSR count). The maximum atomic E-state index is 12.8. The van der Waals surface area contributed by atoms with E-state index in [0.717, 1.165) is 83.5 Å². The second kappa shape index (κ2) is 56.7. The van der Waals surface area contributed by atoms with Crippen LogP contribution in [0.1, 0.15) is 278 Å². The van der Waals surface area contributed by atoms with Gasteiger partial charge in [0.1, 0.15) is 6.61 Å². The summed E-state index contributed by atoms with van der Waals surface area (Å²) in [6.07, 6.45) is 73.5. The quantitative estimate of drug-likeness (QED) is 0.0346. The molecule has 0 saturated carbocycles. The third-order valence-corrected chi connectivity index (χ3v) is 12.2. The number of esters is 2. The van der Waals surface area contributed by atoms with Crippen LogP contribution in [0, 0.1) is 0 Å². The molecular weight excluding hydrogens is 813 g/mol. The van der Waals surface area contributed by atoms with Crippen molar-refractivity contribution in [3.05, 3.63) is 72.9 Å². The highest BCUT2D eigenvalue weighted by Gasteiger charge is 2.17. The van der Waals surface area contributed by atoms with Gasteiger partial charge in [-0.1, -0.05) is 229 Å². The topological polar surface area (TPSA) is 61.8 Å². The normalized spacial score (nSPS) is 12.7. The highest BCUT2D eigenvalue weighted by atomic mass is 16.6. The Morgan fingerprint density at radius 1 is 0.348 bits per heavy atom. The summed E-state index contributed by atoms with van der Waals surface area (Å²) in [7, 11) is 0. The Labute approximate surface area is 410 Å². The van der Waals surface area contributed by atoms with Crippen molar-refractivity contribution in [1.82, 2.24) is 0 Å². The molecular formula is C61H108O5. The Morgan fingerprint density at radius 3 is 1.15 bits per heavy atom. The standard InChI is InChI=1S/C61H108O5/c1-4-7-10-13-16-19-22-25-27-29-31-32-34-37-39-42-45-48-51-54-60(62)65-58-59(66-61(63)55-52-49-46-43-40-36-24-21-18-15-12-9-6-3)57-64-56-53-50-47-44-41-38-35-33-30-28-26-23-20-17-14-11-8-5-2/h9,12,16,18-19,21,25-28,36,40,59H,4-8,10-11,13-15,17,20,22-24,29-35,37-39,41-58H2,1-3H3/b12-9-,19-16-,21-18-,27-25-,28-26-,40-36-. The molecule has 0 aliphatic heterocycles. The van der Waals surface area contributed by atoms with Crippen molar-refractivity contribution in [3.63, 3.8) is 0 Å². The van der Waals surface area contributed by atoms with E-state index in [0.29, 0.717) is 19.4 Å². The molecule has 0 saturated heterocycles. The van der Waals surface area contributed by atoms with Crippen LogP contribution < -0.4 is 0 Å². The van der Waals surface area contributed by atoms with Crippen molar-refractivity contribution in [2.24, 2.45) is 0 Å². The molecule has 5 nitrogen and oxygen atoms in total. The summed E-state index contributed by atoms with van der Waals surface area (Å²) < 4.78 is 17.4. The molecule has 0 spiro atoms. The molecule has 0 aromatic heterocycles. The van der Waals surface area contributed by atoms with Gasteiger partial charge in [0, 0.05) is 19.4 Å². The molecule has 0 radical (unpaired) electrons. The number of rotatable bonds is 52. The Balaban J connectivity index is 4.27. The largest absolute Gasteiger partial charge is 0.462 e.